The van der Waals surface area contributed by atoms with Gasteiger partial charge in [0.1, 0.15) is 0 Å². The van der Waals surface area contributed by atoms with Crippen LogP contribution in [-0.2, 0) is 4.79 Å². The maximum absolute atomic E-state index is 11.6. The average Bonchev–Trinajstić information content (AvgIpc) is 2.76. The van der Waals surface area contributed by atoms with E-state index in [1.165, 1.54) is 12.8 Å². The molecular formula is C14H26N2O2. The Morgan fingerprint density at radius 1 is 1.28 bits per heavy atom. The van der Waals surface area contributed by atoms with Crippen molar-refractivity contribution >= 4 is 5.97 Å². The van der Waals surface area contributed by atoms with Crippen LogP contribution in [0.15, 0.2) is 0 Å². The van der Waals surface area contributed by atoms with Gasteiger partial charge in [-0.2, -0.15) is 0 Å². The topological polar surface area (TPSA) is 43.8 Å². The molecule has 0 saturated carbocycles. The summed E-state index contributed by atoms with van der Waals surface area (Å²) in [6.07, 6.45) is 3.18. The number of carboxylic acids is 1. The minimum atomic E-state index is -0.604. The van der Waals surface area contributed by atoms with E-state index in [4.69, 9.17) is 0 Å². The van der Waals surface area contributed by atoms with Crippen LogP contribution in [0.25, 0.3) is 0 Å². The number of aliphatic carboxylic acids is 1. The lowest BCUT2D eigenvalue weighted by atomic mass is 9.76. The molecule has 2 aliphatic rings. The third-order valence-corrected chi connectivity index (χ3v) is 5.07. The van der Waals surface area contributed by atoms with E-state index in [9.17, 15) is 9.90 Å². The number of hydrogen-bond donors (Lipinski definition) is 1. The molecule has 1 N–H and O–H groups in total. The van der Waals surface area contributed by atoms with E-state index in [2.05, 4.69) is 16.8 Å². The molecule has 4 nitrogen and oxygen atoms in total. The highest BCUT2D eigenvalue weighted by molar-refractivity contribution is 5.75. The largest absolute Gasteiger partial charge is 0.481 e. The van der Waals surface area contributed by atoms with Crippen LogP contribution in [0.4, 0.5) is 0 Å². The van der Waals surface area contributed by atoms with Crippen molar-refractivity contribution in [3.05, 3.63) is 0 Å². The molecule has 0 aromatic rings. The fraction of sp³-hybridized carbons (Fsp3) is 0.929. The first-order valence-corrected chi connectivity index (χ1v) is 7.12. The monoisotopic (exact) mass is 254 g/mol. The third-order valence-electron chi connectivity index (χ3n) is 5.07. The number of nitrogens with zero attached hydrogens (tertiary/aromatic N) is 2. The smallest absolute Gasteiger partial charge is 0.311 e. The molecule has 104 valence electrons. The Labute approximate surface area is 110 Å². The fourth-order valence-corrected chi connectivity index (χ4v) is 3.43. The highest BCUT2D eigenvalue weighted by Gasteiger charge is 2.48. The minimum absolute atomic E-state index is 0.214. The molecule has 0 aliphatic carbocycles. The molecule has 0 spiro atoms. The maximum Gasteiger partial charge on any atom is 0.311 e. The molecule has 2 saturated heterocycles. The fourth-order valence-electron chi connectivity index (χ4n) is 3.43. The van der Waals surface area contributed by atoms with E-state index in [0.717, 1.165) is 32.6 Å². The van der Waals surface area contributed by atoms with Gasteiger partial charge in [0.25, 0.3) is 0 Å². The van der Waals surface area contributed by atoms with Gasteiger partial charge >= 0.3 is 5.97 Å². The van der Waals surface area contributed by atoms with E-state index < -0.39 is 11.4 Å². The van der Waals surface area contributed by atoms with Crippen molar-refractivity contribution in [3.63, 3.8) is 0 Å². The molecular weight excluding hydrogens is 228 g/mol. The SMILES string of the molecule is CC(C)C1(C(=O)O)CCN(C2CCN(C)CC2)C1. The van der Waals surface area contributed by atoms with E-state index in [1.807, 2.05) is 13.8 Å². The first-order chi connectivity index (χ1) is 8.45. The Bertz CT molecular complexity index is 311. The molecule has 0 aromatic carbocycles. The normalized spacial score (nSPS) is 32.2. The van der Waals surface area contributed by atoms with Gasteiger partial charge in [0, 0.05) is 12.6 Å². The van der Waals surface area contributed by atoms with Crippen molar-refractivity contribution in [2.45, 2.75) is 39.2 Å². The van der Waals surface area contributed by atoms with Gasteiger partial charge in [-0.05, 0) is 51.9 Å². The minimum Gasteiger partial charge on any atom is -0.481 e. The van der Waals surface area contributed by atoms with Crippen LogP contribution in [0.2, 0.25) is 0 Å². The summed E-state index contributed by atoms with van der Waals surface area (Å²) in [7, 11) is 2.16. The molecule has 0 bridgehead atoms. The van der Waals surface area contributed by atoms with Crippen molar-refractivity contribution in [1.82, 2.24) is 9.80 Å². The Morgan fingerprint density at radius 2 is 1.89 bits per heavy atom. The van der Waals surface area contributed by atoms with Gasteiger partial charge in [-0.3, -0.25) is 9.69 Å². The van der Waals surface area contributed by atoms with Crippen LogP contribution < -0.4 is 0 Å². The Hall–Kier alpha value is -0.610. The van der Waals surface area contributed by atoms with E-state index >= 15 is 0 Å². The second-order valence-electron chi connectivity index (χ2n) is 6.37. The summed E-state index contributed by atoms with van der Waals surface area (Å²) in [5.41, 5.74) is -0.511. The quantitative estimate of drug-likeness (QED) is 0.829. The van der Waals surface area contributed by atoms with Crippen molar-refractivity contribution < 1.29 is 9.90 Å². The Morgan fingerprint density at radius 3 is 2.33 bits per heavy atom. The third kappa shape index (κ3) is 2.41. The van der Waals surface area contributed by atoms with Gasteiger partial charge in [-0.25, -0.2) is 0 Å². The summed E-state index contributed by atoms with van der Waals surface area (Å²) in [6, 6.07) is 0.598. The molecule has 2 rings (SSSR count). The molecule has 1 atom stereocenters. The zero-order chi connectivity index (χ0) is 13.3. The molecule has 0 aromatic heterocycles. The average molecular weight is 254 g/mol. The van der Waals surface area contributed by atoms with Gasteiger partial charge in [0.05, 0.1) is 5.41 Å². The van der Waals surface area contributed by atoms with Crippen molar-refractivity contribution in [2.75, 3.05) is 33.2 Å². The van der Waals surface area contributed by atoms with Gasteiger partial charge in [0.15, 0.2) is 0 Å². The maximum atomic E-state index is 11.6. The standard InChI is InChI=1S/C14H26N2O2/c1-11(2)14(13(17)18)6-9-16(10-14)12-4-7-15(3)8-5-12/h11-12H,4-10H2,1-3H3,(H,17,18). The zero-order valence-electron chi connectivity index (χ0n) is 11.9. The summed E-state index contributed by atoms with van der Waals surface area (Å²) in [5, 5.41) is 9.56. The molecule has 4 heteroatoms. The van der Waals surface area contributed by atoms with E-state index in [-0.39, 0.29) is 5.92 Å². The Balaban J connectivity index is 2.00. The van der Waals surface area contributed by atoms with Crippen molar-refractivity contribution in [1.29, 1.82) is 0 Å². The zero-order valence-corrected chi connectivity index (χ0v) is 11.9. The second-order valence-corrected chi connectivity index (χ2v) is 6.37. The number of carbonyl (C=O) groups is 1. The summed E-state index contributed by atoms with van der Waals surface area (Å²) < 4.78 is 0. The highest BCUT2D eigenvalue weighted by atomic mass is 16.4. The molecule has 0 radical (unpaired) electrons. The number of piperidine rings is 1. The van der Waals surface area contributed by atoms with Gasteiger partial charge in [-0.1, -0.05) is 13.8 Å². The van der Waals surface area contributed by atoms with Crippen LogP contribution in [0.5, 0.6) is 0 Å². The summed E-state index contributed by atoms with van der Waals surface area (Å²) in [6.45, 7) is 8.08. The molecule has 0 amide bonds. The molecule has 2 aliphatic heterocycles. The lowest BCUT2D eigenvalue weighted by Gasteiger charge is -2.36. The van der Waals surface area contributed by atoms with Crippen LogP contribution >= 0.6 is 0 Å². The lowest BCUT2D eigenvalue weighted by molar-refractivity contribution is -0.151. The molecule has 1 unspecified atom stereocenters. The van der Waals surface area contributed by atoms with Crippen molar-refractivity contribution in [2.24, 2.45) is 11.3 Å². The number of hydrogen-bond acceptors (Lipinski definition) is 3. The van der Waals surface area contributed by atoms with Gasteiger partial charge in [-0.15, -0.1) is 0 Å². The molecule has 18 heavy (non-hydrogen) atoms. The van der Waals surface area contributed by atoms with Gasteiger partial charge in [0.2, 0.25) is 0 Å². The molecule has 2 fully saturated rings. The van der Waals surface area contributed by atoms with Crippen LogP contribution in [0.1, 0.15) is 33.1 Å². The first kappa shape index (κ1) is 13.8. The number of rotatable bonds is 3. The summed E-state index contributed by atoms with van der Waals surface area (Å²) >= 11 is 0. The number of carboxylic acid groups (broad SMARTS) is 1. The second kappa shape index (κ2) is 5.17. The lowest BCUT2D eigenvalue weighted by Crippen LogP contribution is -2.45. The van der Waals surface area contributed by atoms with Crippen molar-refractivity contribution in [3.8, 4) is 0 Å². The summed E-state index contributed by atoms with van der Waals surface area (Å²) in [5.74, 6) is -0.390. The van der Waals surface area contributed by atoms with E-state index in [0.29, 0.717) is 6.04 Å². The van der Waals surface area contributed by atoms with Gasteiger partial charge < -0.3 is 10.0 Å². The highest BCUT2D eigenvalue weighted by Crippen LogP contribution is 2.39. The predicted molar refractivity (Wildman–Crippen MR) is 71.6 cm³/mol. The summed E-state index contributed by atoms with van der Waals surface area (Å²) in [4.78, 5) is 16.4. The van der Waals surface area contributed by atoms with E-state index in [1.54, 1.807) is 0 Å². The predicted octanol–water partition coefficient (Wildman–Crippen LogP) is 1.51. The number of likely N-dealkylation sites (tertiary alicyclic amines) is 2. The Kier molecular flexibility index (Phi) is 3.97. The molecule has 2 heterocycles. The first-order valence-electron chi connectivity index (χ1n) is 7.12. The van der Waals surface area contributed by atoms with Crippen LogP contribution in [0.3, 0.4) is 0 Å². The van der Waals surface area contributed by atoms with Crippen LogP contribution in [0, 0.1) is 11.3 Å². The van der Waals surface area contributed by atoms with Crippen LogP contribution in [-0.4, -0.2) is 60.1 Å².